The van der Waals surface area contributed by atoms with Crippen LogP contribution in [-0.4, -0.2) is 27.5 Å². The van der Waals surface area contributed by atoms with E-state index < -0.39 is 11.5 Å². The molecule has 2 N–H and O–H groups in total. The Kier molecular flexibility index (Phi) is 3.15. The number of hydrogen-bond donors (Lipinski definition) is 2. The third kappa shape index (κ3) is 2.17. The van der Waals surface area contributed by atoms with Crippen molar-refractivity contribution in [3.05, 3.63) is 16.1 Å². The fourth-order valence-corrected chi connectivity index (χ4v) is 2.86. The lowest BCUT2D eigenvalue weighted by molar-refractivity contribution is -0.144. The van der Waals surface area contributed by atoms with Crippen LogP contribution in [0, 0.1) is 6.92 Å². The monoisotopic (exact) mass is 254 g/mol. The second kappa shape index (κ2) is 4.44. The summed E-state index contributed by atoms with van der Waals surface area (Å²) in [5, 5.41) is 11.9. The lowest BCUT2D eigenvalue weighted by atomic mass is 9.98. The predicted molar refractivity (Wildman–Crippen MR) is 63.2 cm³/mol. The van der Waals surface area contributed by atoms with Gasteiger partial charge in [-0.3, -0.25) is 4.79 Å². The number of thiazole rings is 1. The van der Waals surface area contributed by atoms with E-state index in [1.807, 2.05) is 0 Å². The van der Waals surface area contributed by atoms with Gasteiger partial charge < -0.3 is 10.4 Å². The third-order valence-electron chi connectivity index (χ3n) is 3.17. The van der Waals surface area contributed by atoms with Crippen LogP contribution >= 0.6 is 11.3 Å². The van der Waals surface area contributed by atoms with E-state index in [-0.39, 0.29) is 5.91 Å². The lowest BCUT2D eigenvalue weighted by Crippen LogP contribution is -2.52. The van der Waals surface area contributed by atoms with E-state index in [0.29, 0.717) is 23.4 Å². The first kappa shape index (κ1) is 12.0. The minimum absolute atomic E-state index is 0.325. The van der Waals surface area contributed by atoms with E-state index >= 15 is 0 Å². The Morgan fingerprint density at radius 2 is 2.12 bits per heavy atom. The smallest absolute Gasteiger partial charge is 0.329 e. The quantitative estimate of drug-likeness (QED) is 0.858. The van der Waals surface area contributed by atoms with Gasteiger partial charge in [-0.15, -0.1) is 11.3 Å². The van der Waals surface area contributed by atoms with Crippen molar-refractivity contribution in [3.63, 3.8) is 0 Å². The Morgan fingerprint density at radius 1 is 1.47 bits per heavy atom. The molecular formula is C11H14N2O3S. The summed E-state index contributed by atoms with van der Waals surface area (Å²) in [6.45, 7) is 1.74. The maximum Gasteiger partial charge on any atom is 0.329 e. The van der Waals surface area contributed by atoms with Crippen LogP contribution in [-0.2, 0) is 4.79 Å². The molecule has 0 aliphatic heterocycles. The molecule has 0 radical (unpaired) electrons. The van der Waals surface area contributed by atoms with Crippen molar-refractivity contribution in [3.8, 4) is 0 Å². The van der Waals surface area contributed by atoms with Crippen molar-refractivity contribution in [2.75, 3.05) is 0 Å². The molecule has 1 heterocycles. The Bertz CT molecular complexity index is 449. The van der Waals surface area contributed by atoms with E-state index in [4.69, 9.17) is 0 Å². The zero-order chi connectivity index (χ0) is 12.5. The van der Waals surface area contributed by atoms with Crippen LogP contribution in [0.1, 0.15) is 41.0 Å². The summed E-state index contributed by atoms with van der Waals surface area (Å²) in [7, 11) is 0. The van der Waals surface area contributed by atoms with Gasteiger partial charge >= 0.3 is 5.97 Å². The van der Waals surface area contributed by atoms with Crippen LogP contribution in [0.3, 0.4) is 0 Å². The van der Waals surface area contributed by atoms with E-state index in [0.717, 1.165) is 12.8 Å². The van der Waals surface area contributed by atoms with Crippen LogP contribution < -0.4 is 5.32 Å². The normalized spacial score (nSPS) is 17.9. The maximum absolute atomic E-state index is 12.0. The van der Waals surface area contributed by atoms with Gasteiger partial charge in [0.15, 0.2) is 0 Å². The average molecular weight is 254 g/mol. The summed E-state index contributed by atoms with van der Waals surface area (Å²) >= 11 is 1.24. The lowest BCUT2D eigenvalue weighted by Gasteiger charge is -2.24. The Hall–Kier alpha value is -1.43. The molecule has 5 nitrogen and oxygen atoms in total. The van der Waals surface area contributed by atoms with Gasteiger partial charge in [-0.25, -0.2) is 9.78 Å². The molecule has 17 heavy (non-hydrogen) atoms. The van der Waals surface area contributed by atoms with Gasteiger partial charge in [0.25, 0.3) is 5.91 Å². The summed E-state index contributed by atoms with van der Waals surface area (Å²) in [5.74, 6) is -1.26. The van der Waals surface area contributed by atoms with Gasteiger partial charge in [0, 0.05) is 0 Å². The maximum atomic E-state index is 12.0. The molecule has 1 fully saturated rings. The van der Waals surface area contributed by atoms with E-state index in [1.165, 1.54) is 11.3 Å². The van der Waals surface area contributed by atoms with Crippen molar-refractivity contribution >= 4 is 23.2 Å². The summed E-state index contributed by atoms with van der Waals surface area (Å²) in [6, 6.07) is 0. The van der Waals surface area contributed by atoms with Crippen molar-refractivity contribution in [1.29, 1.82) is 0 Å². The van der Waals surface area contributed by atoms with Crippen molar-refractivity contribution in [1.82, 2.24) is 10.3 Å². The van der Waals surface area contributed by atoms with Gasteiger partial charge in [-0.2, -0.15) is 0 Å². The second-order valence-electron chi connectivity index (χ2n) is 4.32. The fourth-order valence-electron chi connectivity index (χ4n) is 2.16. The number of aromatic nitrogens is 1. The number of aliphatic carboxylic acids is 1. The van der Waals surface area contributed by atoms with Crippen molar-refractivity contribution in [2.24, 2.45) is 0 Å². The number of carbonyl (C=O) groups excluding carboxylic acids is 1. The number of hydrogen-bond acceptors (Lipinski definition) is 4. The van der Waals surface area contributed by atoms with E-state index in [2.05, 4.69) is 10.3 Å². The fraction of sp³-hybridized carbons (Fsp3) is 0.545. The number of carbonyl (C=O) groups is 2. The highest BCUT2D eigenvalue weighted by atomic mass is 32.1. The SMILES string of the molecule is Cc1ncsc1C(=O)NC1(C(=O)O)CCCC1. The molecule has 0 unspecified atom stereocenters. The minimum Gasteiger partial charge on any atom is -0.480 e. The third-order valence-corrected chi connectivity index (χ3v) is 4.10. The molecule has 1 aromatic rings. The Labute approximate surface area is 103 Å². The first-order chi connectivity index (χ1) is 8.05. The second-order valence-corrected chi connectivity index (χ2v) is 5.17. The van der Waals surface area contributed by atoms with Gasteiger partial charge in [0.05, 0.1) is 11.2 Å². The molecule has 2 rings (SSSR count). The molecule has 0 saturated heterocycles. The molecule has 1 aliphatic carbocycles. The standard InChI is InChI=1S/C11H14N2O3S/c1-7-8(17-6-12-7)9(14)13-11(10(15)16)4-2-3-5-11/h6H,2-5H2,1H3,(H,13,14)(H,15,16). The molecule has 1 saturated carbocycles. The molecule has 0 aromatic carbocycles. The van der Waals surface area contributed by atoms with Crippen LogP contribution in [0.2, 0.25) is 0 Å². The molecule has 0 spiro atoms. The highest BCUT2D eigenvalue weighted by Crippen LogP contribution is 2.30. The topological polar surface area (TPSA) is 79.3 Å². The minimum atomic E-state index is -1.08. The molecule has 1 aliphatic rings. The highest BCUT2D eigenvalue weighted by Gasteiger charge is 2.43. The van der Waals surface area contributed by atoms with E-state index in [1.54, 1.807) is 12.4 Å². The molecule has 1 amide bonds. The Morgan fingerprint density at radius 3 is 2.59 bits per heavy atom. The molecule has 0 atom stereocenters. The van der Waals surface area contributed by atoms with Crippen LogP contribution in [0.25, 0.3) is 0 Å². The highest BCUT2D eigenvalue weighted by molar-refractivity contribution is 7.11. The first-order valence-corrected chi connectivity index (χ1v) is 6.39. The average Bonchev–Trinajstić information content (AvgIpc) is 2.87. The van der Waals surface area contributed by atoms with Crippen molar-refractivity contribution in [2.45, 2.75) is 38.1 Å². The van der Waals surface area contributed by atoms with Crippen LogP contribution in [0.5, 0.6) is 0 Å². The molecule has 0 bridgehead atoms. The molecular weight excluding hydrogens is 240 g/mol. The zero-order valence-corrected chi connectivity index (χ0v) is 10.3. The van der Waals surface area contributed by atoms with Gasteiger partial charge in [0.2, 0.25) is 0 Å². The predicted octanol–water partition coefficient (Wildman–Crippen LogP) is 1.58. The van der Waals surface area contributed by atoms with Gasteiger partial charge in [-0.05, 0) is 19.8 Å². The number of rotatable bonds is 3. The van der Waals surface area contributed by atoms with Gasteiger partial charge in [0.1, 0.15) is 10.4 Å². The van der Waals surface area contributed by atoms with E-state index in [9.17, 15) is 14.7 Å². The molecule has 92 valence electrons. The summed E-state index contributed by atoms with van der Waals surface area (Å²) in [4.78, 5) is 27.8. The Balaban J connectivity index is 2.17. The van der Waals surface area contributed by atoms with Gasteiger partial charge in [-0.1, -0.05) is 12.8 Å². The summed E-state index contributed by atoms with van der Waals surface area (Å²) in [6.07, 6.45) is 2.69. The summed E-state index contributed by atoms with van der Waals surface area (Å²) in [5.41, 5.74) is 1.16. The number of aryl methyl sites for hydroxylation is 1. The largest absolute Gasteiger partial charge is 0.480 e. The number of nitrogens with one attached hydrogen (secondary N) is 1. The number of carboxylic acid groups (broad SMARTS) is 1. The van der Waals surface area contributed by atoms with Crippen LogP contribution in [0.4, 0.5) is 0 Å². The van der Waals surface area contributed by atoms with Crippen LogP contribution in [0.15, 0.2) is 5.51 Å². The molecule has 6 heteroatoms. The molecule has 1 aromatic heterocycles. The number of nitrogens with zero attached hydrogens (tertiary/aromatic N) is 1. The first-order valence-electron chi connectivity index (χ1n) is 5.51. The number of carboxylic acids is 1. The number of amides is 1. The van der Waals surface area contributed by atoms with Crippen molar-refractivity contribution < 1.29 is 14.7 Å². The zero-order valence-electron chi connectivity index (χ0n) is 9.52. The summed E-state index contributed by atoms with van der Waals surface area (Å²) < 4.78 is 0.